The smallest absolute Gasteiger partial charge is 0.407 e. The predicted octanol–water partition coefficient (Wildman–Crippen LogP) is 2.77. The lowest BCUT2D eigenvalue weighted by molar-refractivity contribution is -0.136. The Morgan fingerprint density at radius 2 is 1.79 bits per heavy atom. The molecule has 33 heavy (non-hydrogen) atoms. The Hall–Kier alpha value is -3.07. The molecule has 0 spiro atoms. The summed E-state index contributed by atoms with van der Waals surface area (Å²) in [5.74, 6) is -0.482. The van der Waals surface area contributed by atoms with Crippen molar-refractivity contribution in [1.29, 1.82) is 0 Å². The third-order valence-electron chi connectivity index (χ3n) is 5.66. The number of piperidine rings is 1. The van der Waals surface area contributed by atoms with E-state index >= 15 is 0 Å². The standard InChI is InChI=1S/C24H34N4O5/c1-15-6-8-16(9-7-15)20-19(21(29)32-5)18(26-22(30)27-20)14-28-12-10-17(11-13-28)25-23(31)33-24(2,3)4/h6-9,17,20H,10-14H2,1-5H3,(H,25,31)(H2,26,27,30). The van der Waals surface area contributed by atoms with Gasteiger partial charge >= 0.3 is 18.1 Å². The number of hydrogen-bond acceptors (Lipinski definition) is 6. The zero-order valence-electron chi connectivity index (χ0n) is 20.0. The number of urea groups is 1. The summed E-state index contributed by atoms with van der Waals surface area (Å²) in [6.45, 7) is 9.29. The molecule has 1 atom stereocenters. The fraction of sp³-hybridized carbons (Fsp3) is 0.542. The van der Waals surface area contributed by atoms with Crippen molar-refractivity contribution in [2.45, 2.75) is 58.2 Å². The van der Waals surface area contributed by atoms with Gasteiger partial charge in [-0.15, -0.1) is 0 Å². The molecule has 9 heteroatoms. The molecule has 180 valence electrons. The Morgan fingerprint density at radius 3 is 2.36 bits per heavy atom. The maximum absolute atomic E-state index is 12.7. The van der Waals surface area contributed by atoms with Crippen LogP contribution in [0.2, 0.25) is 0 Å². The number of benzene rings is 1. The lowest BCUT2D eigenvalue weighted by Gasteiger charge is -2.35. The van der Waals surface area contributed by atoms with Crippen molar-refractivity contribution in [2.75, 3.05) is 26.7 Å². The molecule has 3 amide bonds. The highest BCUT2D eigenvalue weighted by Crippen LogP contribution is 2.28. The Morgan fingerprint density at radius 1 is 1.15 bits per heavy atom. The highest BCUT2D eigenvalue weighted by atomic mass is 16.6. The Bertz CT molecular complexity index is 912. The monoisotopic (exact) mass is 458 g/mol. The summed E-state index contributed by atoms with van der Waals surface area (Å²) in [4.78, 5) is 39.3. The normalized spacial score (nSPS) is 20.0. The summed E-state index contributed by atoms with van der Waals surface area (Å²) in [5.41, 5.74) is 2.30. The van der Waals surface area contributed by atoms with E-state index in [9.17, 15) is 14.4 Å². The molecule has 2 aliphatic rings. The van der Waals surface area contributed by atoms with Gasteiger partial charge in [-0.3, -0.25) is 4.90 Å². The van der Waals surface area contributed by atoms with Gasteiger partial charge in [0.2, 0.25) is 0 Å². The number of hydrogen-bond donors (Lipinski definition) is 3. The van der Waals surface area contributed by atoms with Gasteiger partial charge in [0.15, 0.2) is 0 Å². The molecule has 1 fully saturated rings. The number of amides is 3. The van der Waals surface area contributed by atoms with Crippen LogP contribution in [0.15, 0.2) is 35.5 Å². The maximum Gasteiger partial charge on any atom is 0.407 e. The van der Waals surface area contributed by atoms with Crippen LogP contribution in [0.25, 0.3) is 0 Å². The first-order valence-corrected chi connectivity index (χ1v) is 11.2. The highest BCUT2D eigenvalue weighted by Gasteiger charge is 2.34. The van der Waals surface area contributed by atoms with E-state index in [-0.39, 0.29) is 12.1 Å². The summed E-state index contributed by atoms with van der Waals surface area (Å²) in [7, 11) is 1.34. The van der Waals surface area contributed by atoms with E-state index in [4.69, 9.17) is 9.47 Å². The SMILES string of the molecule is COC(=O)C1=C(CN2CCC(NC(=O)OC(C)(C)C)CC2)NC(=O)NC1c1ccc(C)cc1. The fourth-order valence-electron chi connectivity index (χ4n) is 4.04. The van der Waals surface area contributed by atoms with Gasteiger partial charge in [-0.1, -0.05) is 29.8 Å². The van der Waals surface area contributed by atoms with E-state index in [1.54, 1.807) is 0 Å². The van der Waals surface area contributed by atoms with E-state index in [0.29, 0.717) is 30.9 Å². The number of ether oxygens (including phenoxy) is 2. The molecule has 0 bridgehead atoms. The average molecular weight is 459 g/mol. The molecule has 2 heterocycles. The summed E-state index contributed by atoms with van der Waals surface area (Å²) in [5, 5.41) is 8.57. The fourth-order valence-corrected chi connectivity index (χ4v) is 4.04. The first-order chi connectivity index (χ1) is 15.6. The van der Waals surface area contributed by atoms with E-state index < -0.39 is 23.7 Å². The van der Waals surface area contributed by atoms with Crippen LogP contribution in [-0.2, 0) is 14.3 Å². The number of carbonyl (C=O) groups excluding carboxylic acids is 3. The molecule has 3 N–H and O–H groups in total. The largest absolute Gasteiger partial charge is 0.466 e. The molecule has 1 aromatic rings. The number of nitrogens with zero attached hydrogens (tertiary/aromatic N) is 1. The van der Waals surface area contributed by atoms with E-state index in [1.165, 1.54) is 7.11 Å². The summed E-state index contributed by atoms with van der Waals surface area (Å²) < 4.78 is 10.4. The number of aryl methyl sites for hydroxylation is 1. The van der Waals surface area contributed by atoms with Crippen LogP contribution >= 0.6 is 0 Å². The molecule has 1 unspecified atom stereocenters. The zero-order valence-corrected chi connectivity index (χ0v) is 20.0. The van der Waals surface area contributed by atoms with Gasteiger partial charge in [-0.25, -0.2) is 14.4 Å². The number of likely N-dealkylation sites (tertiary alicyclic amines) is 1. The van der Waals surface area contributed by atoms with Crippen molar-refractivity contribution in [3.8, 4) is 0 Å². The van der Waals surface area contributed by atoms with Crippen LogP contribution in [0.1, 0.15) is 50.8 Å². The van der Waals surface area contributed by atoms with Crippen LogP contribution in [0.3, 0.4) is 0 Å². The number of nitrogens with one attached hydrogen (secondary N) is 3. The minimum atomic E-state index is -0.590. The predicted molar refractivity (Wildman–Crippen MR) is 123 cm³/mol. The minimum absolute atomic E-state index is 0.0214. The van der Waals surface area contributed by atoms with Gasteiger partial charge in [0.05, 0.1) is 18.7 Å². The molecule has 2 aliphatic heterocycles. The van der Waals surface area contributed by atoms with Crippen molar-refractivity contribution in [3.05, 3.63) is 46.7 Å². The average Bonchev–Trinajstić information content (AvgIpc) is 2.73. The van der Waals surface area contributed by atoms with Gasteiger partial charge in [0.1, 0.15) is 5.60 Å². The van der Waals surface area contributed by atoms with Crippen molar-refractivity contribution in [2.24, 2.45) is 0 Å². The third kappa shape index (κ3) is 6.71. The third-order valence-corrected chi connectivity index (χ3v) is 5.66. The van der Waals surface area contributed by atoms with Gasteiger partial charge < -0.3 is 25.4 Å². The highest BCUT2D eigenvalue weighted by molar-refractivity contribution is 5.95. The van der Waals surface area contributed by atoms with Gasteiger partial charge in [-0.05, 0) is 46.1 Å². The van der Waals surface area contributed by atoms with Crippen molar-refractivity contribution < 1.29 is 23.9 Å². The van der Waals surface area contributed by atoms with Gasteiger partial charge in [-0.2, -0.15) is 0 Å². The first kappa shape index (κ1) is 24.6. The molecule has 1 saturated heterocycles. The van der Waals surface area contributed by atoms with E-state index in [0.717, 1.165) is 24.0 Å². The summed E-state index contributed by atoms with van der Waals surface area (Å²) in [6, 6.07) is 6.77. The number of rotatable bonds is 5. The first-order valence-electron chi connectivity index (χ1n) is 11.2. The van der Waals surface area contributed by atoms with Crippen LogP contribution < -0.4 is 16.0 Å². The van der Waals surface area contributed by atoms with Crippen molar-refractivity contribution in [1.82, 2.24) is 20.9 Å². The molecular formula is C24H34N4O5. The zero-order chi connectivity index (χ0) is 24.2. The molecule has 0 aromatic heterocycles. The molecule has 0 saturated carbocycles. The van der Waals surface area contributed by atoms with Crippen molar-refractivity contribution >= 4 is 18.1 Å². The van der Waals surface area contributed by atoms with Crippen LogP contribution in [0.4, 0.5) is 9.59 Å². The summed E-state index contributed by atoms with van der Waals surface area (Å²) in [6.07, 6.45) is 1.07. The minimum Gasteiger partial charge on any atom is -0.466 e. The second-order valence-electron chi connectivity index (χ2n) is 9.52. The Labute approximate surface area is 194 Å². The van der Waals surface area contributed by atoms with Gasteiger partial charge in [0.25, 0.3) is 0 Å². The van der Waals surface area contributed by atoms with Crippen molar-refractivity contribution in [3.63, 3.8) is 0 Å². The lowest BCUT2D eigenvalue weighted by atomic mass is 9.94. The van der Waals surface area contributed by atoms with Crippen LogP contribution in [0.5, 0.6) is 0 Å². The number of alkyl carbamates (subject to hydrolysis) is 1. The van der Waals surface area contributed by atoms with Gasteiger partial charge in [0, 0.05) is 31.4 Å². The maximum atomic E-state index is 12.7. The van der Waals surface area contributed by atoms with Crippen LogP contribution in [-0.4, -0.2) is 61.4 Å². The number of carbonyl (C=O) groups is 3. The van der Waals surface area contributed by atoms with E-state index in [1.807, 2.05) is 52.0 Å². The van der Waals surface area contributed by atoms with Crippen LogP contribution in [0, 0.1) is 6.92 Å². The Balaban J connectivity index is 1.71. The second kappa shape index (κ2) is 10.2. The lowest BCUT2D eigenvalue weighted by Crippen LogP contribution is -2.50. The number of methoxy groups -OCH3 is 1. The molecule has 1 aromatic carbocycles. The quantitative estimate of drug-likeness (QED) is 0.586. The topological polar surface area (TPSA) is 109 Å². The number of esters is 1. The molecule has 9 nitrogen and oxygen atoms in total. The molecule has 3 rings (SSSR count). The summed E-state index contributed by atoms with van der Waals surface area (Å²) >= 11 is 0. The molecule has 0 aliphatic carbocycles. The second-order valence-corrected chi connectivity index (χ2v) is 9.52. The molecular weight excluding hydrogens is 424 g/mol. The Kier molecular flexibility index (Phi) is 7.63. The van der Waals surface area contributed by atoms with E-state index in [2.05, 4.69) is 20.9 Å². The molecule has 0 radical (unpaired) electrons.